The molecule has 0 unspecified atom stereocenters. The van der Waals surface area contributed by atoms with Crippen molar-refractivity contribution >= 4 is 34.4 Å². The van der Waals surface area contributed by atoms with Crippen molar-refractivity contribution in [3.63, 3.8) is 0 Å². The Labute approximate surface area is 120 Å². The number of aromatic nitrogens is 3. The quantitative estimate of drug-likeness (QED) is 0.368. The highest BCUT2D eigenvalue weighted by Gasteiger charge is 2.11. The molecule has 7 nitrogen and oxygen atoms in total. The number of nitrogens with two attached hydrogens (primary N) is 1. The maximum absolute atomic E-state index is 9.38. The van der Waals surface area contributed by atoms with Gasteiger partial charge in [0.1, 0.15) is 17.8 Å². The summed E-state index contributed by atoms with van der Waals surface area (Å²) < 4.78 is 0. The maximum atomic E-state index is 9.38. The van der Waals surface area contributed by atoms with Crippen LogP contribution in [0.25, 0.3) is 11.0 Å². The standard InChI is InChI=1S/C14H14N6O/c15-4-8-3-10(1-2-11(8)16)20-14-12-9(6-21)5-17-13(12)18-7-19-14/h1-5,7,15,21H,6,16H2,(H2,17,18,19,20). The number of aliphatic hydroxyl groups is 1. The minimum absolute atomic E-state index is 0.102. The van der Waals surface area contributed by atoms with E-state index in [1.165, 1.54) is 12.5 Å². The number of fused-ring (bicyclic) bond motifs is 1. The summed E-state index contributed by atoms with van der Waals surface area (Å²) in [5, 5.41) is 20.6. The highest BCUT2D eigenvalue weighted by Crippen LogP contribution is 2.27. The number of nitrogen functional groups attached to an aromatic ring is 1. The van der Waals surface area contributed by atoms with Gasteiger partial charge in [0.25, 0.3) is 0 Å². The molecule has 0 saturated heterocycles. The SMILES string of the molecule is N=Cc1cc(Nc2ncnc3[nH]cc(CO)c23)ccc1N. The van der Waals surface area contributed by atoms with Gasteiger partial charge < -0.3 is 26.6 Å². The Morgan fingerprint density at radius 1 is 1.38 bits per heavy atom. The molecule has 2 heterocycles. The Hall–Kier alpha value is -2.93. The molecule has 21 heavy (non-hydrogen) atoms. The average molecular weight is 282 g/mol. The van der Waals surface area contributed by atoms with Crippen LogP contribution in [0.2, 0.25) is 0 Å². The smallest absolute Gasteiger partial charge is 0.143 e. The number of benzene rings is 1. The molecule has 3 rings (SSSR count). The number of aromatic amines is 1. The Morgan fingerprint density at radius 3 is 3.00 bits per heavy atom. The van der Waals surface area contributed by atoms with Crippen LogP contribution in [0, 0.1) is 5.41 Å². The third-order valence-corrected chi connectivity index (χ3v) is 3.23. The molecule has 0 bridgehead atoms. The zero-order valence-electron chi connectivity index (χ0n) is 11.1. The van der Waals surface area contributed by atoms with Crippen molar-refractivity contribution in [1.82, 2.24) is 15.0 Å². The zero-order valence-corrected chi connectivity index (χ0v) is 11.1. The largest absolute Gasteiger partial charge is 0.398 e. The lowest BCUT2D eigenvalue weighted by Gasteiger charge is -2.09. The van der Waals surface area contributed by atoms with Crippen molar-refractivity contribution < 1.29 is 5.11 Å². The molecule has 0 aliphatic rings. The van der Waals surface area contributed by atoms with E-state index in [2.05, 4.69) is 20.3 Å². The minimum atomic E-state index is -0.102. The van der Waals surface area contributed by atoms with Crippen LogP contribution < -0.4 is 11.1 Å². The summed E-state index contributed by atoms with van der Waals surface area (Å²) in [4.78, 5) is 11.3. The lowest BCUT2D eigenvalue weighted by molar-refractivity contribution is 0.283. The molecule has 0 aliphatic carbocycles. The van der Waals surface area contributed by atoms with Crippen LogP contribution in [0.4, 0.5) is 17.2 Å². The first-order valence-corrected chi connectivity index (χ1v) is 6.31. The van der Waals surface area contributed by atoms with Gasteiger partial charge in [0.2, 0.25) is 0 Å². The molecule has 7 heteroatoms. The fraction of sp³-hybridized carbons (Fsp3) is 0.0714. The van der Waals surface area contributed by atoms with Gasteiger partial charge in [-0.3, -0.25) is 0 Å². The van der Waals surface area contributed by atoms with Gasteiger partial charge in [-0.15, -0.1) is 0 Å². The van der Waals surface area contributed by atoms with Crippen LogP contribution in [-0.4, -0.2) is 26.3 Å². The predicted molar refractivity (Wildman–Crippen MR) is 81.8 cm³/mol. The Bertz CT molecular complexity index is 810. The Morgan fingerprint density at radius 2 is 2.24 bits per heavy atom. The molecular weight excluding hydrogens is 268 g/mol. The number of hydrogen-bond donors (Lipinski definition) is 5. The zero-order chi connectivity index (χ0) is 14.8. The first kappa shape index (κ1) is 13.1. The molecule has 2 aromatic heterocycles. The molecule has 3 aromatic rings. The third kappa shape index (κ3) is 2.30. The van der Waals surface area contributed by atoms with Gasteiger partial charge in [0, 0.05) is 34.9 Å². The van der Waals surface area contributed by atoms with Gasteiger partial charge in [0.05, 0.1) is 12.0 Å². The lowest BCUT2D eigenvalue weighted by atomic mass is 10.1. The second-order valence-electron chi connectivity index (χ2n) is 4.53. The van der Waals surface area contributed by atoms with Crippen molar-refractivity contribution in [1.29, 1.82) is 5.41 Å². The summed E-state index contributed by atoms with van der Waals surface area (Å²) >= 11 is 0. The molecule has 0 aliphatic heterocycles. The molecule has 0 atom stereocenters. The molecule has 1 aromatic carbocycles. The molecule has 106 valence electrons. The van der Waals surface area contributed by atoms with Crippen molar-refractivity contribution in [3.8, 4) is 0 Å². The van der Waals surface area contributed by atoms with Gasteiger partial charge in [-0.2, -0.15) is 0 Å². The molecule has 0 spiro atoms. The monoisotopic (exact) mass is 282 g/mol. The van der Waals surface area contributed by atoms with E-state index in [-0.39, 0.29) is 6.61 Å². The number of H-pyrrole nitrogens is 1. The number of anilines is 3. The predicted octanol–water partition coefficient (Wildman–Crippen LogP) is 1.77. The van der Waals surface area contributed by atoms with E-state index in [0.29, 0.717) is 22.7 Å². The van der Waals surface area contributed by atoms with E-state index in [4.69, 9.17) is 11.1 Å². The first-order valence-electron chi connectivity index (χ1n) is 6.31. The van der Waals surface area contributed by atoms with E-state index in [0.717, 1.165) is 16.6 Å². The molecule has 6 N–H and O–H groups in total. The fourth-order valence-corrected chi connectivity index (χ4v) is 2.16. The Kier molecular flexibility index (Phi) is 3.25. The summed E-state index contributed by atoms with van der Waals surface area (Å²) in [5.74, 6) is 0.589. The molecule has 0 amide bonds. The van der Waals surface area contributed by atoms with Gasteiger partial charge in [-0.25, -0.2) is 9.97 Å². The molecule has 0 saturated carbocycles. The van der Waals surface area contributed by atoms with E-state index in [1.54, 1.807) is 18.3 Å². The topological polar surface area (TPSA) is 124 Å². The number of hydrogen-bond acceptors (Lipinski definition) is 6. The number of rotatable bonds is 4. The molecule has 0 fully saturated rings. The first-order chi connectivity index (χ1) is 10.2. The van der Waals surface area contributed by atoms with Crippen LogP contribution >= 0.6 is 0 Å². The van der Waals surface area contributed by atoms with Crippen LogP contribution in [0.3, 0.4) is 0 Å². The van der Waals surface area contributed by atoms with E-state index in [1.807, 2.05) is 6.07 Å². The van der Waals surface area contributed by atoms with Crippen molar-refractivity contribution in [2.75, 3.05) is 11.1 Å². The highest BCUT2D eigenvalue weighted by atomic mass is 16.3. The third-order valence-electron chi connectivity index (χ3n) is 3.23. The van der Waals surface area contributed by atoms with Crippen molar-refractivity contribution in [2.24, 2.45) is 0 Å². The summed E-state index contributed by atoms with van der Waals surface area (Å²) in [6.07, 6.45) is 4.35. The van der Waals surface area contributed by atoms with Gasteiger partial charge in [-0.1, -0.05) is 0 Å². The van der Waals surface area contributed by atoms with Crippen LogP contribution in [-0.2, 0) is 6.61 Å². The van der Waals surface area contributed by atoms with Crippen LogP contribution in [0.15, 0.2) is 30.7 Å². The summed E-state index contributed by atoms with van der Waals surface area (Å²) in [6.45, 7) is -0.102. The molecular formula is C14H14N6O. The van der Waals surface area contributed by atoms with E-state index >= 15 is 0 Å². The van der Waals surface area contributed by atoms with E-state index < -0.39 is 0 Å². The van der Waals surface area contributed by atoms with E-state index in [9.17, 15) is 5.11 Å². The number of nitrogens with zero attached hydrogens (tertiary/aromatic N) is 2. The van der Waals surface area contributed by atoms with Gasteiger partial charge in [0.15, 0.2) is 0 Å². The van der Waals surface area contributed by atoms with Crippen molar-refractivity contribution in [2.45, 2.75) is 6.61 Å². The normalized spacial score (nSPS) is 10.7. The van der Waals surface area contributed by atoms with Gasteiger partial charge >= 0.3 is 0 Å². The maximum Gasteiger partial charge on any atom is 0.143 e. The fourth-order valence-electron chi connectivity index (χ4n) is 2.16. The Balaban J connectivity index is 2.05. The lowest BCUT2D eigenvalue weighted by Crippen LogP contribution is -1.99. The summed E-state index contributed by atoms with van der Waals surface area (Å²) in [5.41, 5.74) is 9.07. The summed E-state index contributed by atoms with van der Waals surface area (Å²) in [7, 11) is 0. The number of aliphatic hydroxyl groups excluding tert-OH is 1. The second kappa shape index (κ2) is 5.22. The number of nitrogens with one attached hydrogen (secondary N) is 3. The van der Waals surface area contributed by atoms with Crippen LogP contribution in [0.1, 0.15) is 11.1 Å². The van der Waals surface area contributed by atoms with Crippen molar-refractivity contribution in [3.05, 3.63) is 41.9 Å². The van der Waals surface area contributed by atoms with Gasteiger partial charge in [-0.05, 0) is 18.2 Å². The molecule has 0 radical (unpaired) electrons. The average Bonchev–Trinajstić information content (AvgIpc) is 2.93. The minimum Gasteiger partial charge on any atom is -0.398 e. The summed E-state index contributed by atoms with van der Waals surface area (Å²) in [6, 6.07) is 5.30. The second-order valence-corrected chi connectivity index (χ2v) is 4.53. The highest BCUT2D eigenvalue weighted by molar-refractivity contribution is 5.93. The van der Waals surface area contributed by atoms with Crippen LogP contribution in [0.5, 0.6) is 0 Å².